The molecule has 1 aromatic heterocycles. The normalized spacial score (nSPS) is 10.8. The number of nitrogens with zero attached hydrogens (tertiary/aromatic N) is 2. The van der Waals surface area contributed by atoms with Crippen LogP contribution in [0.15, 0.2) is 27.8 Å². The number of hydrogen-bond donors (Lipinski definition) is 0. The van der Waals surface area contributed by atoms with E-state index in [0.717, 1.165) is 14.7 Å². The highest BCUT2D eigenvalue weighted by molar-refractivity contribution is 5.89. The summed E-state index contributed by atoms with van der Waals surface area (Å²) in [4.78, 5) is 35.2. The van der Waals surface area contributed by atoms with Crippen LogP contribution in [-0.4, -0.2) is 15.0 Å². The molecule has 1 aromatic carbocycles. The molecule has 0 spiro atoms. The minimum atomic E-state index is -0.612. The van der Waals surface area contributed by atoms with Gasteiger partial charge in [0, 0.05) is 14.0 Å². The lowest BCUT2D eigenvalue weighted by Gasteiger charge is -2.08. The molecule has 88 valence electrons. The van der Waals surface area contributed by atoms with E-state index in [1.807, 2.05) is 6.92 Å². The van der Waals surface area contributed by atoms with E-state index >= 15 is 0 Å². The van der Waals surface area contributed by atoms with Crippen molar-refractivity contribution in [3.63, 3.8) is 0 Å². The van der Waals surface area contributed by atoms with Gasteiger partial charge < -0.3 is 0 Å². The molecule has 0 amide bonds. The summed E-state index contributed by atoms with van der Waals surface area (Å²) in [7, 11) is 1.37. The monoisotopic (exact) mass is 232 g/mol. The van der Waals surface area contributed by atoms with Gasteiger partial charge in [-0.15, -0.1) is 0 Å². The van der Waals surface area contributed by atoms with Gasteiger partial charge in [0.25, 0.3) is 5.56 Å². The van der Waals surface area contributed by atoms with Crippen molar-refractivity contribution in [1.29, 1.82) is 0 Å². The molecular formula is C12H12N2O3. The Bertz CT molecular complexity index is 738. The number of fused-ring (bicyclic) bond motifs is 1. The lowest BCUT2D eigenvalue weighted by Crippen LogP contribution is -2.40. The molecule has 0 atom stereocenters. The Kier molecular flexibility index (Phi) is 2.46. The average molecular weight is 232 g/mol. The van der Waals surface area contributed by atoms with Crippen LogP contribution in [0.1, 0.15) is 17.3 Å². The first-order valence-electron chi connectivity index (χ1n) is 5.17. The molecule has 0 aliphatic carbocycles. The van der Waals surface area contributed by atoms with Gasteiger partial charge in [0.1, 0.15) is 0 Å². The van der Waals surface area contributed by atoms with Crippen LogP contribution in [-0.2, 0) is 7.05 Å². The number of rotatable bonds is 0. The number of hydrogen-bond acceptors (Lipinski definition) is 3. The maximum Gasteiger partial charge on any atom is 0.338 e. The average Bonchev–Trinajstić information content (AvgIpc) is 2.27. The smallest absolute Gasteiger partial charge is 0.274 e. The van der Waals surface area contributed by atoms with E-state index in [1.54, 1.807) is 18.2 Å². The molecule has 0 radical (unpaired) electrons. The van der Waals surface area contributed by atoms with Gasteiger partial charge in [0.05, 0.1) is 10.9 Å². The van der Waals surface area contributed by atoms with Crippen molar-refractivity contribution in [3.05, 3.63) is 44.6 Å². The third kappa shape index (κ3) is 1.60. The number of aryl methyl sites for hydroxylation is 1. The zero-order chi connectivity index (χ0) is 12.7. The molecule has 1 heterocycles. The maximum absolute atomic E-state index is 11.9. The number of benzene rings is 1. The molecule has 0 aliphatic rings. The fraction of sp³-hybridized carbons (Fsp3) is 0.250. The van der Waals surface area contributed by atoms with Crippen molar-refractivity contribution in [2.45, 2.75) is 13.8 Å². The summed E-state index contributed by atoms with van der Waals surface area (Å²) >= 11 is 0. The van der Waals surface area contributed by atoms with Gasteiger partial charge in [0.2, 0.25) is 5.91 Å². The van der Waals surface area contributed by atoms with Gasteiger partial charge in [-0.05, 0) is 19.1 Å². The molecule has 2 aromatic rings. The Morgan fingerprint density at radius 2 is 1.88 bits per heavy atom. The van der Waals surface area contributed by atoms with Crippen molar-refractivity contribution >= 4 is 16.8 Å². The molecule has 0 saturated carbocycles. The Balaban J connectivity index is 3.15. The van der Waals surface area contributed by atoms with Crippen LogP contribution >= 0.6 is 0 Å². The minimum absolute atomic E-state index is 0.358. The molecule has 0 aliphatic heterocycles. The van der Waals surface area contributed by atoms with Crippen LogP contribution in [0.25, 0.3) is 10.9 Å². The quantitative estimate of drug-likeness (QED) is 0.670. The minimum Gasteiger partial charge on any atom is -0.274 e. The summed E-state index contributed by atoms with van der Waals surface area (Å²) < 4.78 is 1.96. The highest BCUT2D eigenvalue weighted by Crippen LogP contribution is 2.10. The Hall–Kier alpha value is -2.17. The predicted octanol–water partition coefficient (Wildman–Crippen LogP) is 0.669. The molecule has 0 fully saturated rings. The lowest BCUT2D eigenvalue weighted by molar-refractivity contribution is 0.0934. The fourth-order valence-corrected chi connectivity index (χ4v) is 1.84. The first-order chi connectivity index (χ1) is 7.93. The molecule has 0 N–H and O–H groups in total. The first kappa shape index (κ1) is 11.3. The SMILES string of the molecule is CC(=O)n1c(=O)n(C)c(=O)c2cc(C)ccc21. The Morgan fingerprint density at radius 3 is 2.47 bits per heavy atom. The van der Waals surface area contributed by atoms with Gasteiger partial charge >= 0.3 is 5.69 Å². The molecular weight excluding hydrogens is 220 g/mol. The van der Waals surface area contributed by atoms with Gasteiger partial charge in [-0.1, -0.05) is 11.6 Å². The summed E-state index contributed by atoms with van der Waals surface area (Å²) in [5.74, 6) is -0.403. The van der Waals surface area contributed by atoms with Crippen LogP contribution in [0.4, 0.5) is 0 Å². The second kappa shape index (κ2) is 3.69. The fourth-order valence-electron chi connectivity index (χ4n) is 1.84. The molecule has 5 nitrogen and oxygen atoms in total. The van der Waals surface area contributed by atoms with Crippen LogP contribution < -0.4 is 11.2 Å². The third-order valence-corrected chi connectivity index (χ3v) is 2.72. The van der Waals surface area contributed by atoms with E-state index in [4.69, 9.17) is 0 Å². The van der Waals surface area contributed by atoms with Crippen molar-refractivity contribution in [1.82, 2.24) is 9.13 Å². The van der Waals surface area contributed by atoms with E-state index in [-0.39, 0.29) is 5.56 Å². The van der Waals surface area contributed by atoms with Gasteiger partial charge in [-0.3, -0.25) is 14.2 Å². The van der Waals surface area contributed by atoms with E-state index < -0.39 is 11.6 Å². The predicted molar refractivity (Wildman–Crippen MR) is 64.5 cm³/mol. The second-order valence-corrected chi connectivity index (χ2v) is 4.02. The standard InChI is InChI=1S/C12H12N2O3/c1-7-4-5-10-9(6-7)11(16)13(3)12(17)14(10)8(2)15/h4-6H,1-3H3. The summed E-state index contributed by atoms with van der Waals surface area (Å²) in [6.07, 6.45) is 0. The van der Waals surface area contributed by atoms with Crippen LogP contribution in [0, 0.1) is 6.92 Å². The second-order valence-electron chi connectivity index (χ2n) is 4.02. The maximum atomic E-state index is 11.9. The van der Waals surface area contributed by atoms with Crippen molar-refractivity contribution < 1.29 is 4.79 Å². The molecule has 5 heteroatoms. The van der Waals surface area contributed by atoms with Gasteiger partial charge in [-0.25, -0.2) is 9.36 Å². The summed E-state index contributed by atoms with van der Waals surface area (Å²) in [6, 6.07) is 5.06. The van der Waals surface area contributed by atoms with Crippen molar-refractivity contribution in [3.8, 4) is 0 Å². The largest absolute Gasteiger partial charge is 0.338 e. The topological polar surface area (TPSA) is 61.1 Å². The highest BCUT2D eigenvalue weighted by Gasteiger charge is 2.13. The third-order valence-electron chi connectivity index (χ3n) is 2.72. The molecule has 0 bridgehead atoms. The number of carbonyl (C=O) groups excluding carboxylic acids is 1. The Labute approximate surface area is 96.9 Å². The number of carbonyl (C=O) groups is 1. The summed E-state index contributed by atoms with van der Waals surface area (Å²) in [5, 5.41) is 0.377. The first-order valence-corrected chi connectivity index (χ1v) is 5.17. The van der Waals surface area contributed by atoms with E-state index in [2.05, 4.69) is 0 Å². The number of aromatic nitrogens is 2. The zero-order valence-electron chi connectivity index (χ0n) is 9.85. The lowest BCUT2D eigenvalue weighted by atomic mass is 10.1. The molecule has 0 unspecified atom stereocenters. The van der Waals surface area contributed by atoms with Gasteiger partial charge in [-0.2, -0.15) is 0 Å². The molecule has 17 heavy (non-hydrogen) atoms. The summed E-state index contributed by atoms with van der Waals surface area (Å²) in [5.41, 5.74) is 0.268. The summed E-state index contributed by atoms with van der Waals surface area (Å²) in [6.45, 7) is 3.15. The van der Waals surface area contributed by atoms with E-state index in [1.165, 1.54) is 14.0 Å². The highest BCUT2D eigenvalue weighted by atomic mass is 16.2. The van der Waals surface area contributed by atoms with Crippen molar-refractivity contribution in [2.75, 3.05) is 0 Å². The van der Waals surface area contributed by atoms with Crippen LogP contribution in [0.2, 0.25) is 0 Å². The van der Waals surface area contributed by atoms with E-state index in [9.17, 15) is 14.4 Å². The Morgan fingerprint density at radius 1 is 1.24 bits per heavy atom. The van der Waals surface area contributed by atoms with Crippen LogP contribution in [0.5, 0.6) is 0 Å². The zero-order valence-corrected chi connectivity index (χ0v) is 9.85. The van der Waals surface area contributed by atoms with Gasteiger partial charge in [0.15, 0.2) is 0 Å². The molecule has 0 saturated heterocycles. The van der Waals surface area contributed by atoms with Crippen LogP contribution in [0.3, 0.4) is 0 Å². The van der Waals surface area contributed by atoms with Crippen molar-refractivity contribution in [2.24, 2.45) is 7.05 Å². The van der Waals surface area contributed by atoms with E-state index in [0.29, 0.717) is 10.9 Å². The molecule has 2 rings (SSSR count).